The van der Waals surface area contributed by atoms with E-state index in [0.717, 1.165) is 28.3 Å². The van der Waals surface area contributed by atoms with Gasteiger partial charge in [0.1, 0.15) is 24.0 Å². The Bertz CT molecular complexity index is 568. The third kappa shape index (κ3) is 1.71. The Kier molecular flexibility index (Phi) is 2.56. The molecular weight excluding hydrogens is 284 g/mol. The monoisotopic (exact) mass is 296 g/mol. The first-order valence-corrected chi connectivity index (χ1v) is 6.38. The fraction of sp³-hybridized carbons (Fsp3) is 0.455. The minimum atomic E-state index is 0.0492. The molecule has 5 nitrogen and oxygen atoms in total. The summed E-state index contributed by atoms with van der Waals surface area (Å²) in [5.41, 5.74) is 6.68. The smallest absolute Gasteiger partial charge is 0.148 e. The molecule has 3 rings (SSSR count). The molecule has 2 aromatic rings. The van der Waals surface area contributed by atoms with E-state index in [-0.39, 0.29) is 6.23 Å². The topological polar surface area (TPSA) is 66.0 Å². The van der Waals surface area contributed by atoms with E-state index >= 15 is 0 Å². The average molecular weight is 297 g/mol. The molecule has 0 spiro atoms. The molecule has 0 aromatic carbocycles. The highest BCUT2D eigenvalue weighted by atomic mass is 79.9. The molecule has 0 radical (unpaired) electrons. The van der Waals surface area contributed by atoms with Gasteiger partial charge in [-0.2, -0.15) is 0 Å². The molecule has 0 amide bonds. The van der Waals surface area contributed by atoms with Crippen LogP contribution in [-0.4, -0.2) is 20.6 Å². The Morgan fingerprint density at radius 1 is 1.47 bits per heavy atom. The highest BCUT2D eigenvalue weighted by Gasteiger charge is 2.26. The second-order valence-electron chi connectivity index (χ2n) is 4.32. The lowest BCUT2D eigenvalue weighted by Gasteiger charge is -2.13. The van der Waals surface area contributed by atoms with Crippen LogP contribution in [0.1, 0.15) is 26.0 Å². The van der Waals surface area contributed by atoms with E-state index in [2.05, 4.69) is 32.8 Å². The molecule has 17 heavy (non-hydrogen) atoms. The number of halogens is 1. The van der Waals surface area contributed by atoms with Crippen LogP contribution in [0, 0.1) is 0 Å². The molecule has 2 unspecified atom stereocenters. The number of ether oxygens (including phenoxy) is 1. The summed E-state index contributed by atoms with van der Waals surface area (Å²) in [5.74, 6) is 0.492. The van der Waals surface area contributed by atoms with Gasteiger partial charge in [-0.1, -0.05) is 0 Å². The zero-order chi connectivity index (χ0) is 12.0. The largest absolute Gasteiger partial charge is 0.383 e. The van der Waals surface area contributed by atoms with Crippen LogP contribution in [0.5, 0.6) is 0 Å². The van der Waals surface area contributed by atoms with Crippen molar-refractivity contribution in [3.63, 3.8) is 0 Å². The third-order valence-electron chi connectivity index (χ3n) is 3.11. The number of hydrogen-bond donors (Lipinski definition) is 1. The summed E-state index contributed by atoms with van der Waals surface area (Å²) in [7, 11) is 0. The van der Waals surface area contributed by atoms with E-state index in [0.29, 0.717) is 11.9 Å². The molecule has 3 heterocycles. The molecule has 1 fully saturated rings. The Balaban J connectivity index is 2.14. The number of nitrogen functional groups attached to an aromatic ring is 1. The van der Waals surface area contributed by atoms with E-state index in [4.69, 9.17) is 10.5 Å². The molecule has 0 aliphatic carbocycles. The maximum atomic E-state index is 5.86. The number of nitrogens with zero attached hydrogens (tertiary/aromatic N) is 3. The molecule has 1 saturated heterocycles. The lowest BCUT2D eigenvalue weighted by molar-refractivity contribution is 0.0134. The number of anilines is 1. The minimum absolute atomic E-state index is 0.0492. The van der Waals surface area contributed by atoms with Crippen molar-refractivity contribution in [1.82, 2.24) is 14.5 Å². The van der Waals surface area contributed by atoms with Crippen LogP contribution < -0.4 is 5.73 Å². The molecule has 6 heteroatoms. The van der Waals surface area contributed by atoms with E-state index in [9.17, 15) is 0 Å². The summed E-state index contributed by atoms with van der Waals surface area (Å²) in [4.78, 5) is 8.30. The molecular formula is C11H13BrN4O. The van der Waals surface area contributed by atoms with Gasteiger partial charge in [-0.05, 0) is 35.7 Å². The van der Waals surface area contributed by atoms with E-state index in [1.807, 2.05) is 10.8 Å². The lowest BCUT2D eigenvalue weighted by atomic mass is 10.2. The molecule has 1 aliphatic heterocycles. The van der Waals surface area contributed by atoms with Crippen molar-refractivity contribution in [3.8, 4) is 0 Å². The Morgan fingerprint density at radius 3 is 3.00 bits per heavy atom. The number of nitrogens with two attached hydrogens (primary N) is 1. The van der Waals surface area contributed by atoms with Gasteiger partial charge < -0.3 is 15.0 Å². The normalized spacial score (nSPS) is 24.6. The highest BCUT2D eigenvalue weighted by molar-refractivity contribution is 9.10. The minimum Gasteiger partial charge on any atom is -0.383 e. The Labute approximate surface area is 107 Å². The lowest BCUT2D eigenvalue weighted by Crippen LogP contribution is -2.09. The van der Waals surface area contributed by atoms with Crippen LogP contribution in [0.2, 0.25) is 0 Å². The summed E-state index contributed by atoms with van der Waals surface area (Å²) in [5, 5.41) is 0.857. The second-order valence-corrected chi connectivity index (χ2v) is 5.17. The molecule has 1 aliphatic rings. The summed E-state index contributed by atoms with van der Waals surface area (Å²) >= 11 is 3.49. The number of fused-ring (bicyclic) bond motifs is 1. The van der Waals surface area contributed by atoms with Crippen molar-refractivity contribution in [3.05, 3.63) is 17.0 Å². The molecule has 90 valence electrons. The van der Waals surface area contributed by atoms with Crippen molar-refractivity contribution in [2.45, 2.75) is 32.1 Å². The third-order valence-corrected chi connectivity index (χ3v) is 3.71. The zero-order valence-corrected chi connectivity index (χ0v) is 11.0. The molecule has 2 atom stereocenters. The van der Waals surface area contributed by atoms with Crippen molar-refractivity contribution in [2.24, 2.45) is 0 Å². The quantitative estimate of drug-likeness (QED) is 0.878. The maximum absolute atomic E-state index is 5.86. The Morgan fingerprint density at radius 2 is 2.29 bits per heavy atom. The molecule has 2 aromatic heterocycles. The van der Waals surface area contributed by atoms with Crippen molar-refractivity contribution < 1.29 is 4.74 Å². The first kappa shape index (κ1) is 11.0. The van der Waals surface area contributed by atoms with Crippen LogP contribution >= 0.6 is 15.9 Å². The van der Waals surface area contributed by atoms with E-state index in [1.54, 1.807) is 0 Å². The first-order valence-electron chi connectivity index (χ1n) is 5.59. The van der Waals surface area contributed by atoms with Gasteiger partial charge in [0.15, 0.2) is 0 Å². The summed E-state index contributed by atoms with van der Waals surface area (Å²) in [6, 6.07) is 0. The standard InChI is InChI=1S/C11H13BrN4O/c1-6-2-3-8(17-6)16-4-7(12)9-10(13)14-5-15-11(9)16/h4-6,8H,2-3H2,1H3,(H2,13,14,15). The van der Waals surface area contributed by atoms with Crippen molar-refractivity contribution >= 4 is 32.8 Å². The van der Waals surface area contributed by atoms with Crippen LogP contribution in [-0.2, 0) is 4.74 Å². The maximum Gasteiger partial charge on any atom is 0.148 e. The number of hydrogen-bond acceptors (Lipinski definition) is 4. The molecule has 0 bridgehead atoms. The van der Waals surface area contributed by atoms with Gasteiger partial charge >= 0.3 is 0 Å². The van der Waals surface area contributed by atoms with E-state index in [1.165, 1.54) is 6.33 Å². The van der Waals surface area contributed by atoms with Crippen LogP contribution in [0.3, 0.4) is 0 Å². The molecule has 0 saturated carbocycles. The van der Waals surface area contributed by atoms with Gasteiger partial charge in [0.25, 0.3) is 0 Å². The predicted octanol–water partition coefficient (Wildman–Crippen LogP) is 2.47. The SMILES string of the molecule is CC1CCC(n2cc(Br)c3c(N)ncnc32)O1. The first-order chi connectivity index (χ1) is 8.16. The van der Waals surface area contributed by atoms with Crippen molar-refractivity contribution in [2.75, 3.05) is 5.73 Å². The summed E-state index contributed by atoms with van der Waals surface area (Å²) in [6.07, 6.45) is 5.88. The molecule has 2 N–H and O–H groups in total. The van der Waals surface area contributed by atoms with Crippen molar-refractivity contribution in [1.29, 1.82) is 0 Å². The van der Waals surface area contributed by atoms with Gasteiger partial charge in [0.05, 0.1) is 11.5 Å². The zero-order valence-electron chi connectivity index (χ0n) is 9.43. The fourth-order valence-corrected chi connectivity index (χ4v) is 2.87. The number of aromatic nitrogens is 3. The number of rotatable bonds is 1. The van der Waals surface area contributed by atoms with Crippen LogP contribution in [0.15, 0.2) is 17.0 Å². The predicted molar refractivity (Wildman–Crippen MR) is 68.5 cm³/mol. The van der Waals surface area contributed by atoms with Gasteiger partial charge in [-0.25, -0.2) is 9.97 Å². The van der Waals surface area contributed by atoms with Gasteiger partial charge in [0.2, 0.25) is 0 Å². The van der Waals surface area contributed by atoms with Gasteiger partial charge in [-0.3, -0.25) is 0 Å². The summed E-state index contributed by atoms with van der Waals surface area (Å²) < 4.78 is 8.79. The summed E-state index contributed by atoms with van der Waals surface area (Å²) in [6.45, 7) is 2.09. The second kappa shape index (κ2) is 3.96. The average Bonchev–Trinajstić information content (AvgIpc) is 2.84. The fourth-order valence-electron chi connectivity index (χ4n) is 2.27. The van der Waals surface area contributed by atoms with Crippen LogP contribution in [0.25, 0.3) is 11.0 Å². The van der Waals surface area contributed by atoms with E-state index < -0.39 is 0 Å². The van der Waals surface area contributed by atoms with Crippen LogP contribution in [0.4, 0.5) is 5.82 Å². The van der Waals surface area contributed by atoms with Gasteiger partial charge in [0, 0.05) is 10.7 Å². The van der Waals surface area contributed by atoms with Gasteiger partial charge in [-0.15, -0.1) is 0 Å². The Hall–Kier alpha value is -1.14. The highest BCUT2D eigenvalue weighted by Crippen LogP contribution is 2.35.